The van der Waals surface area contributed by atoms with Crippen LogP contribution in [0.2, 0.25) is 0 Å². The van der Waals surface area contributed by atoms with Gasteiger partial charge in [-0.25, -0.2) is 4.98 Å². The monoisotopic (exact) mass is 223 g/mol. The van der Waals surface area contributed by atoms with Crippen molar-refractivity contribution in [1.29, 1.82) is 0 Å². The molecule has 0 unspecified atom stereocenters. The van der Waals surface area contributed by atoms with E-state index in [1.807, 2.05) is 47.1 Å². The van der Waals surface area contributed by atoms with Crippen molar-refractivity contribution in [2.45, 2.75) is 6.54 Å². The Morgan fingerprint density at radius 1 is 1.06 bits per heavy atom. The summed E-state index contributed by atoms with van der Waals surface area (Å²) in [5.41, 5.74) is 9.78. The van der Waals surface area contributed by atoms with E-state index in [-0.39, 0.29) is 0 Å². The van der Waals surface area contributed by atoms with Crippen molar-refractivity contribution in [3.63, 3.8) is 0 Å². The lowest BCUT2D eigenvalue weighted by Crippen LogP contribution is -1.95. The van der Waals surface area contributed by atoms with Gasteiger partial charge in [0.1, 0.15) is 5.65 Å². The van der Waals surface area contributed by atoms with Gasteiger partial charge in [-0.1, -0.05) is 30.3 Å². The van der Waals surface area contributed by atoms with Crippen LogP contribution in [0.4, 0.5) is 0 Å². The molecule has 0 aliphatic carbocycles. The van der Waals surface area contributed by atoms with Gasteiger partial charge in [0.15, 0.2) is 0 Å². The van der Waals surface area contributed by atoms with Crippen molar-refractivity contribution in [1.82, 2.24) is 9.38 Å². The minimum atomic E-state index is 0.575. The molecule has 3 aromatic rings. The zero-order valence-corrected chi connectivity index (χ0v) is 9.38. The number of rotatable bonds is 2. The molecule has 17 heavy (non-hydrogen) atoms. The molecule has 0 atom stereocenters. The van der Waals surface area contributed by atoms with E-state index in [1.165, 1.54) is 0 Å². The second-order valence-electron chi connectivity index (χ2n) is 3.99. The van der Waals surface area contributed by atoms with Gasteiger partial charge in [-0.15, -0.1) is 0 Å². The lowest BCUT2D eigenvalue weighted by molar-refractivity contribution is 1.07. The van der Waals surface area contributed by atoms with Crippen LogP contribution in [-0.4, -0.2) is 9.38 Å². The summed E-state index contributed by atoms with van der Waals surface area (Å²) in [5, 5.41) is 0. The van der Waals surface area contributed by atoms with Crippen LogP contribution in [0, 0.1) is 0 Å². The average molecular weight is 223 g/mol. The van der Waals surface area contributed by atoms with Crippen molar-refractivity contribution in [3.05, 3.63) is 60.4 Å². The molecular formula is C14H13N3. The first-order chi connectivity index (χ1) is 8.36. The van der Waals surface area contributed by atoms with Gasteiger partial charge in [0.25, 0.3) is 0 Å². The van der Waals surface area contributed by atoms with Crippen LogP contribution in [0.5, 0.6) is 0 Å². The highest BCUT2D eigenvalue weighted by Crippen LogP contribution is 2.19. The molecule has 3 heteroatoms. The fraction of sp³-hybridized carbons (Fsp3) is 0.0714. The molecule has 0 saturated heterocycles. The average Bonchev–Trinajstić information content (AvgIpc) is 2.82. The molecule has 3 nitrogen and oxygen atoms in total. The van der Waals surface area contributed by atoms with Gasteiger partial charge < -0.3 is 10.1 Å². The molecule has 0 fully saturated rings. The Balaban J connectivity index is 2.07. The number of nitrogens with two attached hydrogens (primary N) is 1. The first kappa shape index (κ1) is 10.1. The fourth-order valence-corrected chi connectivity index (χ4v) is 1.89. The highest BCUT2D eigenvalue weighted by Gasteiger charge is 2.03. The first-order valence-corrected chi connectivity index (χ1v) is 5.60. The number of imidazole rings is 1. The maximum absolute atomic E-state index is 5.58. The fourth-order valence-electron chi connectivity index (χ4n) is 1.89. The minimum absolute atomic E-state index is 0.575. The van der Waals surface area contributed by atoms with Gasteiger partial charge in [0, 0.05) is 24.5 Å². The molecule has 1 aromatic carbocycles. The Hall–Kier alpha value is -2.13. The van der Waals surface area contributed by atoms with E-state index in [2.05, 4.69) is 17.1 Å². The smallest absolute Gasteiger partial charge is 0.137 e. The van der Waals surface area contributed by atoms with Crippen LogP contribution in [0.1, 0.15) is 5.56 Å². The molecule has 0 saturated carbocycles. The molecule has 0 bridgehead atoms. The van der Waals surface area contributed by atoms with Crippen LogP contribution < -0.4 is 5.73 Å². The van der Waals surface area contributed by atoms with E-state index in [1.54, 1.807) is 0 Å². The van der Waals surface area contributed by atoms with Crippen LogP contribution in [-0.2, 0) is 6.54 Å². The van der Waals surface area contributed by atoms with Crippen LogP contribution in [0.3, 0.4) is 0 Å². The quantitative estimate of drug-likeness (QED) is 0.725. The third kappa shape index (κ3) is 1.81. The van der Waals surface area contributed by atoms with Crippen molar-refractivity contribution in [2.75, 3.05) is 0 Å². The number of hydrogen-bond donors (Lipinski definition) is 1. The summed E-state index contributed by atoms with van der Waals surface area (Å²) >= 11 is 0. The molecule has 2 aromatic heterocycles. The Morgan fingerprint density at radius 3 is 2.59 bits per heavy atom. The zero-order chi connectivity index (χ0) is 11.7. The Morgan fingerprint density at radius 2 is 1.88 bits per heavy atom. The number of pyridine rings is 1. The summed E-state index contributed by atoms with van der Waals surface area (Å²) in [4.78, 5) is 4.57. The molecule has 0 aliphatic heterocycles. The van der Waals surface area contributed by atoms with Gasteiger partial charge in [-0.2, -0.15) is 0 Å². The summed E-state index contributed by atoms with van der Waals surface area (Å²) < 4.78 is 2.02. The number of aromatic nitrogens is 2. The molecule has 2 heterocycles. The molecule has 2 N–H and O–H groups in total. The van der Waals surface area contributed by atoms with E-state index in [0.29, 0.717) is 6.54 Å². The Kier molecular flexibility index (Phi) is 2.38. The van der Waals surface area contributed by atoms with Gasteiger partial charge >= 0.3 is 0 Å². The topological polar surface area (TPSA) is 43.3 Å². The van der Waals surface area contributed by atoms with E-state index in [9.17, 15) is 0 Å². The van der Waals surface area contributed by atoms with Gasteiger partial charge in [0.2, 0.25) is 0 Å². The molecule has 0 spiro atoms. The van der Waals surface area contributed by atoms with Crippen molar-refractivity contribution in [3.8, 4) is 11.3 Å². The van der Waals surface area contributed by atoms with Gasteiger partial charge in [-0.3, -0.25) is 0 Å². The highest BCUT2D eigenvalue weighted by atomic mass is 15.0. The van der Waals surface area contributed by atoms with Crippen molar-refractivity contribution >= 4 is 5.65 Å². The van der Waals surface area contributed by atoms with E-state index < -0.39 is 0 Å². The number of benzene rings is 1. The van der Waals surface area contributed by atoms with E-state index in [0.717, 1.165) is 22.5 Å². The van der Waals surface area contributed by atoms with Gasteiger partial charge in [0.05, 0.1) is 5.69 Å². The van der Waals surface area contributed by atoms with Crippen molar-refractivity contribution in [2.24, 2.45) is 5.73 Å². The zero-order valence-electron chi connectivity index (χ0n) is 9.38. The summed E-state index contributed by atoms with van der Waals surface area (Å²) in [7, 11) is 0. The molecule has 84 valence electrons. The van der Waals surface area contributed by atoms with Gasteiger partial charge in [-0.05, 0) is 17.7 Å². The molecule has 0 aliphatic rings. The minimum Gasteiger partial charge on any atom is -0.326 e. The Bertz CT molecular complexity index is 605. The number of nitrogens with zero attached hydrogens (tertiary/aromatic N) is 2. The molecular weight excluding hydrogens is 210 g/mol. The standard InChI is InChI=1S/C14H13N3/c15-9-11-4-6-12(7-5-11)13-10-17-8-2-1-3-14(17)16-13/h1-8,10H,9,15H2. The lowest BCUT2D eigenvalue weighted by atomic mass is 10.1. The lowest BCUT2D eigenvalue weighted by Gasteiger charge is -1.98. The predicted octanol–water partition coefficient (Wildman–Crippen LogP) is 2.46. The van der Waals surface area contributed by atoms with Crippen LogP contribution >= 0.6 is 0 Å². The maximum Gasteiger partial charge on any atom is 0.137 e. The number of fused-ring (bicyclic) bond motifs is 1. The van der Waals surface area contributed by atoms with E-state index >= 15 is 0 Å². The van der Waals surface area contributed by atoms with Crippen LogP contribution in [0.15, 0.2) is 54.9 Å². The van der Waals surface area contributed by atoms with Crippen molar-refractivity contribution < 1.29 is 0 Å². The second-order valence-corrected chi connectivity index (χ2v) is 3.99. The summed E-state index contributed by atoms with van der Waals surface area (Å²) in [6.45, 7) is 0.575. The largest absolute Gasteiger partial charge is 0.326 e. The Labute approximate surface area is 99.5 Å². The maximum atomic E-state index is 5.58. The third-order valence-corrected chi connectivity index (χ3v) is 2.85. The highest BCUT2D eigenvalue weighted by molar-refractivity contribution is 5.62. The molecule has 0 radical (unpaired) electrons. The first-order valence-electron chi connectivity index (χ1n) is 5.60. The molecule has 0 amide bonds. The summed E-state index contributed by atoms with van der Waals surface area (Å²) in [5.74, 6) is 0. The third-order valence-electron chi connectivity index (χ3n) is 2.85. The predicted molar refractivity (Wildman–Crippen MR) is 68.5 cm³/mol. The van der Waals surface area contributed by atoms with E-state index in [4.69, 9.17) is 5.73 Å². The summed E-state index contributed by atoms with van der Waals surface area (Å²) in [6, 6.07) is 14.2. The number of hydrogen-bond acceptors (Lipinski definition) is 2. The van der Waals surface area contributed by atoms with Crippen LogP contribution in [0.25, 0.3) is 16.9 Å². The summed E-state index contributed by atoms with van der Waals surface area (Å²) in [6.07, 6.45) is 4.03. The normalized spacial score (nSPS) is 10.9. The second kappa shape index (κ2) is 4.03. The molecule has 3 rings (SSSR count). The SMILES string of the molecule is NCc1ccc(-c2cn3ccccc3n2)cc1.